The number of benzene rings is 2. The molecule has 1 N–H and O–H groups in total. The Kier molecular flexibility index (Phi) is 5.42. The highest BCUT2D eigenvalue weighted by molar-refractivity contribution is 6.30. The Bertz CT molecular complexity index is 1080. The minimum absolute atomic E-state index is 0.0348. The Morgan fingerprint density at radius 2 is 1.94 bits per heavy atom. The number of aromatic nitrogens is 2. The summed E-state index contributed by atoms with van der Waals surface area (Å²) in [5.74, 6) is 1.52. The standard InChI is InChI=1S/C23H23ClN4O3/c24-18-4-6-19(7-5-18)28-15-16(14-26-28)13-25-23(29)27-9-1-2-20(27)17-3-8-21-22(12-17)31-11-10-30-21/h3-8,12,14-15,20H,1-2,9-11,13H2,(H,25,29). The topological polar surface area (TPSA) is 68.6 Å². The van der Waals surface area contributed by atoms with E-state index < -0.39 is 0 Å². The zero-order valence-corrected chi connectivity index (χ0v) is 17.7. The molecule has 1 aromatic heterocycles. The Morgan fingerprint density at radius 1 is 1.13 bits per heavy atom. The van der Waals surface area contributed by atoms with Crippen LogP contribution in [0.4, 0.5) is 4.79 Å². The quantitative estimate of drug-likeness (QED) is 0.657. The van der Waals surface area contributed by atoms with E-state index in [0.717, 1.165) is 47.7 Å². The van der Waals surface area contributed by atoms with E-state index >= 15 is 0 Å². The molecule has 2 aliphatic heterocycles. The third kappa shape index (κ3) is 4.18. The van der Waals surface area contributed by atoms with Gasteiger partial charge in [-0.2, -0.15) is 5.10 Å². The predicted molar refractivity (Wildman–Crippen MR) is 117 cm³/mol. The van der Waals surface area contributed by atoms with E-state index in [4.69, 9.17) is 21.1 Å². The first-order valence-corrected chi connectivity index (χ1v) is 10.8. The minimum atomic E-state index is -0.0726. The first kappa shape index (κ1) is 19.8. The van der Waals surface area contributed by atoms with E-state index in [-0.39, 0.29) is 12.1 Å². The highest BCUT2D eigenvalue weighted by atomic mass is 35.5. The summed E-state index contributed by atoms with van der Waals surface area (Å²) in [6, 6.07) is 13.4. The Morgan fingerprint density at radius 3 is 2.77 bits per heavy atom. The van der Waals surface area contributed by atoms with E-state index in [1.165, 1.54) is 0 Å². The molecule has 0 bridgehead atoms. The van der Waals surface area contributed by atoms with Gasteiger partial charge < -0.3 is 19.7 Å². The molecule has 31 heavy (non-hydrogen) atoms. The number of rotatable bonds is 4. The van der Waals surface area contributed by atoms with Crippen molar-refractivity contribution in [1.29, 1.82) is 0 Å². The average molecular weight is 439 g/mol. The van der Waals surface area contributed by atoms with Gasteiger partial charge in [0, 0.05) is 29.9 Å². The van der Waals surface area contributed by atoms with E-state index in [1.807, 2.05) is 53.6 Å². The summed E-state index contributed by atoms with van der Waals surface area (Å²) in [7, 11) is 0. The minimum Gasteiger partial charge on any atom is -0.486 e. The summed E-state index contributed by atoms with van der Waals surface area (Å²) < 4.78 is 13.1. The van der Waals surface area contributed by atoms with Crippen LogP contribution in [0.5, 0.6) is 11.5 Å². The zero-order valence-electron chi connectivity index (χ0n) is 17.0. The number of amides is 2. The number of fused-ring (bicyclic) bond motifs is 1. The largest absolute Gasteiger partial charge is 0.486 e. The number of nitrogens with zero attached hydrogens (tertiary/aromatic N) is 3. The monoisotopic (exact) mass is 438 g/mol. The molecule has 0 spiro atoms. The lowest BCUT2D eigenvalue weighted by molar-refractivity contribution is 0.170. The van der Waals surface area contributed by atoms with Crippen molar-refractivity contribution >= 4 is 17.6 Å². The second kappa shape index (κ2) is 8.51. The van der Waals surface area contributed by atoms with Gasteiger partial charge >= 0.3 is 6.03 Å². The highest BCUT2D eigenvalue weighted by Gasteiger charge is 2.30. The molecule has 2 amide bonds. The smallest absolute Gasteiger partial charge is 0.318 e. The number of carbonyl (C=O) groups excluding carboxylic acids is 1. The van der Waals surface area contributed by atoms with Crippen molar-refractivity contribution < 1.29 is 14.3 Å². The summed E-state index contributed by atoms with van der Waals surface area (Å²) in [5, 5.41) is 8.09. The van der Waals surface area contributed by atoms with Crippen LogP contribution in [-0.4, -0.2) is 40.5 Å². The van der Waals surface area contributed by atoms with Gasteiger partial charge in [0.1, 0.15) is 13.2 Å². The number of likely N-dealkylation sites (tertiary alicyclic amines) is 1. The zero-order chi connectivity index (χ0) is 21.2. The van der Waals surface area contributed by atoms with Gasteiger partial charge in [-0.1, -0.05) is 17.7 Å². The molecule has 5 rings (SSSR count). The van der Waals surface area contributed by atoms with Crippen LogP contribution in [0, 0.1) is 0 Å². The fourth-order valence-electron chi connectivity index (χ4n) is 4.09. The molecule has 0 aliphatic carbocycles. The van der Waals surface area contributed by atoms with Gasteiger partial charge in [-0.05, 0) is 54.8 Å². The van der Waals surface area contributed by atoms with Gasteiger partial charge in [0.05, 0.1) is 17.9 Å². The molecule has 3 aromatic rings. The summed E-state index contributed by atoms with van der Waals surface area (Å²) in [6.07, 6.45) is 5.57. The fraction of sp³-hybridized carbons (Fsp3) is 0.304. The van der Waals surface area contributed by atoms with E-state index in [1.54, 1.807) is 10.9 Å². The Labute approximate surface area is 185 Å². The first-order valence-electron chi connectivity index (χ1n) is 10.4. The molecular formula is C23H23ClN4O3. The molecule has 1 atom stereocenters. The molecule has 2 aliphatic rings. The highest BCUT2D eigenvalue weighted by Crippen LogP contribution is 2.38. The van der Waals surface area contributed by atoms with Gasteiger partial charge in [0.25, 0.3) is 0 Å². The van der Waals surface area contributed by atoms with Crippen LogP contribution in [0.2, 0.25) is 5.02 Å². The number of halogens is 1. The normalized spacial score (nSPS) is 17.6. The molecule has 7 nitrogen and oxygen atoms in total. The van der Waals surface area contributed by atoms with E-state index in [0.29, 0.717) is 24.8 Å². The third-order valence-corrected chi connectivity index (χ3v) is 5.89. The van der Waals surface area contributed by atoms with E-state index in [9.17, 15) is 4.79 Å². The Hall–Kier alpha value is -3.19. The third-order valence-electron chi connectivity index (χ3n) is 5.64. The van der Waals surface area contributed by atoms with Gasteiger partial charge in [-0.3, -0.25) is 0 Å². The lowest BCUT2D eigenvalue weighted by Crippen LogP contribution is -2.39. The van der Waals surface area contributed by atoms with Crippen molar-refractivity contribution in [1.82, 2.24) is 20.0 Å². The molecular weight excluding hydrogens is 416 g/mol. The number of carbonyl (C=O) groups is 1. The number of ether oxygens (including phenoxy) is 2. The van der Waals surface area contributed by atoms with Crippen molar-refractivity contribution in [3.63, 3.8) is 0 Å². The maximum atomic E-state index is 12.9. The predicted octanol–water partition coefficient (Wildman–Crippen LogP) is 4.34. The van der Waals surface area contributed by atoms with Crippen molar-refractivity contribution in [2.45, 2.75) is 25.4 Å². The summed E-state index contributed by atoms with van der Waals surface area (Å²) in [4.78, 5) is 14.8. The average Bonchev–Trinajstić information content (AvgIpc) is 3.48. The number of nitrogens with one attached hydrogen (secondary N) is 1. The maximum Gasteiger partial charge on any atom is 0.318 e. The van der Waals surface area contributed by atoms with Crippen LogP contribution in [0.3, 0.4) is 0 Å². The molecule has 1 fully saturated rings. The molecule has 0 radical (unpaired) electrons. The lowest BCUT2D eigenvalue weighted by Gasteiger charge is -2.27. The molecule has 3 heterocycles. The molecule has 0 saturated carbocycles. The van der Waals surface area contributed by atoms with Crippen molar-refractivity contribution in [2.75, 3.05) is 19.8 Å². The fourth-order valence-corrected chi connectivity index (χ4v) is 4.22. The van der Waals surface area contributed by atoms with Gasteiger partial charge in [0.2, 0.25) is 0 Å². The maximum absolute atomic E-state index is 12.9. The van der Waals surface area contributed by atoms with Gasteiger partial charge in [-0.15, -0.1) is 0 Å². The second-order valence-corrected chi connectivity index (χ2v) is 8.12. The summed E-state index contributed by atoms with van der Waals surface area (Å²) >= 11 is 5.95. The molecule has 160 valence electrons. The molecule has 2 aromatic carbocycles. The van der Waals surface area contributed by atoms with Crippen LogP contribution in [0.25, 0.3) is 5.69 Å². The number of hydrogen-bond acceptors (Lipinski definition) is 4. The first-order chi connectivity index (χ1) is 15.2. The van der Waals surface area contributed by atoms with Crippen LogP contribution in [-0.2, 0) is 6.54 Å². The van der Waals surface area contributed by atoms with Crippen LogP contribution < -0.4 is 14.8 Å². The number of urea groups is 1. The van der Waals surface area contributed by atoms with E-state index in [2.05, 4.69) is 10.4 Å². The SMILES string of the molecule is O=C(NCc1cnn(-c2ccc(Cl)cc2)c1)N1CCCC1c1ccc2c(c1)OCCO2. The van der Waals surface area contributed by atoms with Gasteiger partial charge in [0.15, 0.2) is 11.5 Å². The van der Waals surface area contributed by atoms with Crippen molar-refractivity contribution in [2.24, 2.45) is 0 Å². The summed E-state index contributed by atoms with van der Waals surface area (Å²) in [5.41, 5.74) is 2.92. The number of hydrogen-bond donors (Lipinski definition) is 1. The molecule has 1 saturated heterocycles. The van der Waals surface area contributed by atoms with Crippen LogP contribution in [0.1, 0.15) is 30.0 Å². The van der Waals surface area contributed by atoms with Gasteiger partial charge in [-0.25, -0.2) is 9.48 Å². The van der Waals surface area contributed by atoms with Crippen LogP contribution in [0.15, 0.2) is 54.9 Å². The summed E-state index contributed by atoms with van der Waals surface area (Å²) in [6.45, 7) is 2.26. The Balaban J connectivity index is 1.23. The van der Waals surface area contributed by atoms with Crippen molar-refractivity contribution in [3.05, 3.63) is 71.0 Å². The molecule has 1 unspecified atom stereocenters. The lowest BCUT2D eigenvalue weighted by atomic mass is 10.0. The second-order valence-electron chi connectivity index (χ2n) is 7.68. The van der Waals surface area contributed by atoms with Crippen LogP contribution >= 0.6 is 11.6 Å². The van der Waals surface area contributed by atoms with Crippen molar-refractivity contribution in [3.8, 4) is 17.2 Å². The molecule has 8 heteroatoms.